The van der Waals surface area contributed by atoms with E-state index < -0.39 is 0 Å². The largest absolute Gasteiger partial charge is 0.316 e. The normalized spacial score (nSPS) is 29.8. The Morgan fingerprint density at radius 3 is 2.21 bits per heavy atom. The zero-order chi connectivity index (χ0) is 10.6. The third kappa shape index (κ3) is 2.50. The van der Waals surface area contributed by atoms with Crippen molar-refractivity contribution in [3.63, 3.8) is 0 Å². The van der Waals surface area contributed by atoms with Gasteiger partial charge in [0.15, 0.2) is 0 Å². The Morgan fingerprint density at radius 2 is 1.86 bits per heavy atom. The minimum atomic E-state index is 0.766. The quantitative estimate of drug-likeness (QED) is 0.712. The van der Waals surface area contributed by atoms with Crippen LogP contribution in [-0.2, 0) is 0 Å². The summed E-state index contributed by atoms with van der Waals surface area (Å²) in [4.78, 5) is 0. The summed E-state index contributed by atoms with van der Waals surface area (Å²) in [7, 11) is 2.15. The van der Waals surface area contributed by atoms with Gasteiger partial charge in [-0.15, -0.1) is 0 Å². The van der Waals surface area contributed by atoms with E-state index in [1.165, 1.54) is 32.1 Å². The Labute approximate surface area is 89.7 Å². The molecule has 1 rings (SSSR count). The highest BCUT2D eigenvalue weighted by Crippen LogP contribution is 2.37. The molecule has 0 spiro atoms. The minimum Gasteiger partial charge on any atom is -0.316 e. The Hall–Kier alpha value is -0.0400. The van der Waals surface area contributed by atoms with Crippen LogP contribution in [0.15, 0.2) is 0 Å². The number of hydrogen-bond acceptors (Lipinski definition) is 1. The van der Waals surface area contributed by atoms with Crippen LogP contribution in [0.3, 0.4) is 0 Å². The number of hydrogen-bond donors (Lipinski definition) is 1. The van der Waals surface area contributed by atoms with E-state index in [1.807, 2.05) is 0 Å². The highest BCUT2D eigenvalue weighted by Gasteiger charge is 2.33. The van der Waals surface area contributed by atoms with Gasteiger partial charge in [0.1, 0.15) is 0 Å². The van der Waals surface area contributed by atoms with Crippen LogP contribution in [0.1, 0.15) is 52.9 Å². The highest BCUT2D eigenvalue weighted by atomic mass is 14.9. The van der Waals surface area contributed by atoms with Crippen LogP contribution in [0.5, 0.6) is 0 Å². The Morgan fingerprint density at radius 1 is 1.21 bits per heavy atom. The zero-order valence-corrected chi connectivity index (χ0v) is 10.3. The molecule has 0 amide bonds. The molecule has 3 atom stereocenters. The van der Waals surface area contributed by atoms with E-state index in [0.717, 1.165) is 23.8 Å². The van der Waals surface area contributed by atoms with Gasteiger partial charge < -0.3 is 5.32 Å². The molecule has 0 aromatic heterocycles. The molecule has 1 fully saturated rings. The van der Waals surface area contributed by atoms with E-state index in [1.54, 1.807) is 0 Å². The Bertz CT molecular complexity index is 151. The van der Waals surface area contributed by atoms with Crippen LogP contribution in [0, 0.1) is 17.8 Å². The van der Waals surface area contributed by atoms with E-state index >= 15 is 0 Å². The first kappa shape index (κ1) is 12.0. The summed E-state index contributed by atoms with van der Waals surface area (Å²) in [6.45, 7) is 7.10. The molecule has 0 heterocycles. The average molecular weight is 197 g/mol. The maximum atomic E-state index is 3.58. The third-order valence-corrected chi connectivity index (χ3v) is 4.28. The monoisotopic (exact) mass is 197 g/mol. The second-order valence-electron chi connectivity index (χ2n) is 4.96. The zero-order valence-electron chi connectivity index (χ0n) is 10.3. The van der Waals surface area contributed by atoms with E-state index in [9.17, 15) is 0 Å². The predicted octanol–water partition coefficient (Wildman–Crippen LogP) is 3.45. The molecule has 0 aromatic rings. The van der Waals surface area contributed by atoms with Gasteiger partial charge >= 0.3 is 0 Å². The van der Waals surface area contributed by atoms with Crippen LogP contribution in [0.2, 0.25) is 0 Å². The Balaban J connectivity index is 2.59. The van der Waals surface area contributed by atoms with E-state index in [4.69, 9.17) is 0 Å². The lowest BCUT2D eigenvalue weighted by Gasteiger charge is -2.33. The highest BCUT2D eigenvalue weighted by molar-refractivity contribution is 4.87. The van der Waals surface area contributed by atoms with Gasteiger partial charge in [-0.05, 0) is 31.2 Å². The van der Waals surface area contributed by atoms with Crippen molar-refractivity contribution in [3.05, 3.63) is 0 Å². The molecule has 1 nitrogen and oxygen atoms in total. The molecule has 0 aromatic carbocycles. The summed E-state index contributed by atoms with van der Waals surface area (Å²) in [5.41, 5.74) is 0. The van der Waals surface area contributed by atoms with E-state index in [2.05, 4.69) is 33.1 Å². The molecule has 14 heavy (non-hydrogen) atoms. The van der Waals surface area contributed by atoms with Crippen molar-refractivity contribution in [2.45, 2.75) is 58.9 Å². The van der Waals surface area contributed by atoms with Crippen molar-refractivity contribution in [2.24, 2.45) is 17.8 Å². The lowest BCUT2D eigenvalue weighted by molar-refractivity contribution is 0.221. The summed E-state index contributed by atoms with van der Waals surface area (Å²) >= 11 is 0. The van der Waals surface area contributed by atoms with Crippen molar-refractivity contribution >= 4 is 0 Å². The third-order valence-electron chi connectivity index (χ3n) is 4.28. The van der Waals surface area contributed by atoms with Crippen LogP contribution in [0.25, 0.3) is 0 Å². The molecule has 1 saturated carbocycles. The summed E-state index contributed by atoms with van der Waals surface area (Å²) < 4.78 is 0. The Kier molecular flexibility index (Phi) is 4.94. The van der Waals surface area contributed by atoms with Gasteiger partial charge in [-0.3, -0.25) is 0 Å². The summed E-state index contributed by atoms with van der Waals surface area (Å²) in [5, 5.41) is 3.58. The van der Waals surface area contributed by atoms with Gasteiger partial charge in [-0.25, -0.2) is 0 Å². The van der Waals surface area contributed by atoms with Gasteiger partial charge in [-0.2, -0.15) is 0 Å². The second kappa shape index (κ2) is 5.75. The lowest BCUT2D eigenvalue weighted by atomic mass is 9.80. The summed E-state index contributed by atoms with van der Waals surface area (Å²) in [6, 6.07) is 0.766. The van der Waals surface area contributed by atoms with E-state index in [-0.39, 0.29) is 0 Å². The van der Waals surface area contributed by atoms with Crippen molar-refractivity contribution in [3.8, 4) is 0 Å². The van der Waals surface area contributed by atoms with Crippen molar-refractivity contribution in [1.29, 1.82) is 0 Å². The van der Waals surface area contributed by atoms with Gasteiger partial charge in [0.2, 0.25) is 0 Å². The van der Waals surface area contributed by atoms with E-state index in [0.29, 0.717) is 0 Å². The SMILES string of the molecule is CCC(CC)C(NC)C1CCCC1C. The molecular weight excluding hydrogens is 170 g/mol. The summed E-state index contributed by atoms with van der Waals surface area (Å²) in [5.74, 6) is 2.75. The molecule has 1 aliphatic carbocycles. The molecular formula is C13H27N. The fourth-order valence-corrected chi connectivity index (χ4v) is 3.30. The molecule has 0 bridgehead atoms. The standard InChI is InChI=1S/C13H27N/c1-5-11(6-2)13(14-4)12-9-7-8-10(12)3/h10-14H,5-9H2,1-4H3. The van der Waals surface area contributed by atoms with Gasteiger partial charge in [0.05, 0.1) is 0 Å². The first-order valence-electron chi connectivity index (χ1n) is 6.41. The molecule has 3 unspecified atom stereocenters. The minimum absolute atomic E-state index is 0.766. The van der Waals surface area contributed by atoms with Crippen LogP contribution in [-0.4, -0.2) is 13.1 Å². The molecule has 84 valence electrons. The van der Waals surface area contributed by atoms with Gasteiger partial charge in [0.25, 0.3) is 0 Å². The number of rotatable bonds is 5. The maximum Gasteiger partial charge on any atom is 0.0123 e. The fraction of sp³-hybridized carbons (Fsp3) is 1.00. The topological polar surface area (TPSA) is 12.0 Å². The van der Waals surface area contributed by atoms with Crippen LogP contribution in [0.4, 0.5) is 0 Å². The van der Waals surface area contributed by atoms with Crippen molar-refractivity contribution in [2.75, 3.05) is 7.05 Å². The molecule has 1 heteroatoms. The lowest BCUT2D eigenvalue weighted by Crippen LogP contribution is -2.41. The van der Waals surface area contributed by atoms with Crippen LogP contribution >= 0.6 is 0 Å². The molecule has 1 aliphatic rings. The molecule has 0 saturated heterocycles. The van der Waals surface area contributed by atoms with Crippen molar-refractivity contribution in [1.82, 2.24) is 5.32 Å². The first-order chi connectivity index (χ1) is 6.74. The van der Waals surface area contributed by atoms with Gasteiger partial charge in [-0.1, -0.05) is 46.5 Å². The first-order valence-corrected chi connectivity index (χ1v) is 6.41. The van der Waals surface area contributed by atoms with Crippen LogP contribution < -0.4 is 5.32 Å². The maximum absolute atomic E-state index is 3.58. The second-order valence-corrected chi connectivity index (χ2v) is 4.96. The summed E-state index contributed by atoms with van der Waals surface area (Å²) in [6.07, 6.45) is 6.99. The average Bonchev–Trinajstić information content (AvgIpc) is 2.61. The number of nitrogens with one attached hydrogen (secondary N) is 1. The smallest absolute Gasteiger partial charge is 0.0123 e. The molecule has 1 N–H and O–H groups in total. The van der Waals surface area contributed by atoms with Gasteiger partial charge in [0, 0.05) is 6.04 Å². The van der Waals surface area contributed by atoms with Crippen molar-refractivity contribution < 1.29 is 0 Å². The fourth-order valence-electron chi connectivity index (χ4n) is 3.30. The molecule has 0 radical (unpaired) electrons. The predicted molar refractivity (Wildman–Crippen MR) is 63.4 cm³/mol. The molecule has 0 aliphatic heterocycles.